The molecule has 2 heterocycles. The number of amides is 1. The van der Waals surface area contributed by atoms with Crippen molar-refractivity contribution < 1.29 is 9.21 Å². The Morgan fingerprint density at radius 2 is 2.15 bits per heavy atom. The van der Waals surface area contributed by atoms with Crippen molar-refractivity contribution in [2.45, 2.75) is 46.6 Å². The van der Waals surface area contributed by atoms with Crippen LogP contribution in [-0.4, -0.2) is 15.7 Å². The molecule has 0 saturated heterocycles. The molecule has 5 heteroatoms. The van der Waals surface area contributed by atoms with E-state index in [4.69, 9.17) is 4.42 Å². The summed E-state index contributed by atoms with van der Waals surface area (Å²) in [4.78, 5) is 12.8. The molecule has 5 nitrogen and oxygen atoms in total. The summed E-state index contributed by atoms with van der Waals surface area (Å²) in [5.74, 6) is 1.04. The number of aryl methyl sites for hydroxylation is 4. The van der Waals surface area contributed by atoms with E-state index >= 15 is 0 Å². The van der Waals surface area contributed by atoms with Gasteiger partial charge in [0.25, 0.3) is 5.91 Å². The smallest absolute Gasteiger partial charge is 0.291 e. The van der Waals surface area contributed by atoms with Crippen LogP contribution in [0.25, 0.3) is 11.3 Å². The highest BCUT2D eigenvalue weighted by Crippen LogP contribution is 2.38. The van der Waals surface area contributed by atoms with E-state index in [9.17, 15) is 4.79 Å². The van der Waals surface area contributed by atoms with Crippen molar-refractivity contribution in [1.29, 1.82) is 0 Å². The van der Waals surface area contributed by atoms with E-state index in [1.807, 2.05) is 29.8 Å². The molecular weight excluding hydrogens is 326 g/mol. The average molecular weight is 349 g/mol. The maximum atomic E-state index is 12.8. The highest BCUT2D eigenvalue weighted by Gasteiger charge is 2.29. The molecule has 0 saturated carbocycles. The van der Waals surface area contributed by atoms with Gasteiger partial charge in [0.1, 0.15) is 5.76 Å². The Balaban J connectivity index is 1.67. The molecule has 1 amide bonds. The summed E-state index contributed by atoms with van der Waals surface area (Å²) in [6, 6.07) is 7.91. The Hall–Kier alpha value is -2.82. The molecule has 1 aliphatic carbocycles. The number of aromatic nitrogens is 2. The van der Waals surface area contributed by atoms with E-state index in [2.05, 4.69) is 36.5 Å². The van der Waals surface area contributed by atoms with Gasteiger partial charge in [-0.2, -0.15) is 5.10 Å². The van der Waals surface area contributed by atoms with Gasteiger partial charge in [0, 0.05) is 36.0 Å². The van der Waals surface area contributed by atoms with Crippen LogP contribution in [0.15, 0.2) is 34.9 Å². The van der Waals surface area contributed by atoms with E-state index < -0.39 is 0 Å². The third-order valence-electron chi connectivity index (χ3n) is 5.04. The molecule has 0 aliphatic heterocycles. The van der Waals surface area contributed by atoms with E-state index in [0.717, 1.165) is 54.1 Å². The molecular formula is C21H23N3O2. The predicted molar refractivity (Wildman–Crippen MR) is 102 cm³/mol. The molecule has 134 valence electrons. The molecule has 4 rings (SSSR count). The molecule has 1 aromatic carbocycles. The molecule has 3 aromatic rings. The minimum absolute atomic E-state index is 0.207. The number of hydrogen-bond donors (Lipinski definition) is 1. The second kappa shape index (κ2) is 6.48. The monoisotopic (exact) mass is 349 g/mol. The summed E-state index contributed by atoms with van der Waals surface area (Å²) in [6.07, 6.45) is 4.73. The van der Waals surface area contributed by atoms with Crippen LogP contribution in [0.1, 0.15) is 46.9 Å². The molecule has 26 heavy (non-hydrogen) atoms. The number of anilines is 1. The lowest BCUT2D eigenvalue weighted by molar-refractivity contribution is 0.0994. The minimum Gasteiger partial charge on any atom is -0.455 e. The van der Waals surface area contributed by atoms with Crippen LogP contribution < -0.4 is 5.32 Å². The van der Waals surface area contributed by atoms with E-state index in [1.165, 1.54) is 11.1 Å². The molecule has 1 aliphatic rings. The van der Waals surface area contributed by atoms with Crippen LogP contribution in [0.5, 0.6) is 0 Å². The summed E-state index contributed by atoms with van der Waals surface area (Å²) >= 11 is 0. The summed E-state index contributed by atoms with van der Waals surface area (Å²) in [5, 5.41) is 7.64. The van der Waals surface area contributed by atoms with E-state index in [1.54, 1.807) is 0 Å². The molecule has 1 N–H and O–H groups in total. The van der Waals surface area contributed by atoms with Gasteiger partial charge in [-0.05, 0) is 49.9 Å². The maximum absolute atomic E-state index is 12.8. The molecule has 0 spiro atoms. The van der Waals surface area contributed by atoms with Gasteiger partial charge >= 0.3 is 0 Å². The highest BCUT2D eigenvalue weighted by molar-refractivity contribution is 6.04. The van der Waals surface area contributed by atoms with Gasteiger partial charge in [0.2, 0.25) is 0 Å². The molecule has 0 bridgehead atoms. The first-order valence-corrected chi connectivity index (χ1v) is 9.20. The van der Waals surface area contributed by atoms with Gasteiger partial charge in [-0.1, -0.05) is 19.1 Å². The first-order valence-electron chi connectivity index (χ1n) is 9.20. The van der Waals surface area contributed by atoms with Crippen molar-refractivity contribution in [1.82, 2.24) is 9.78 Å². The first kappa shape index (κ1) is 16.6. The van der Waals surface area contributed by atoms with Crippen LogP contribution in [0.4, 0.5) is 5.69 Å². The molecule has 0 fully saturated rings. The average Bonchev–Trinajstić information content (AvgIpc) is 3.22. The minimum atomic E-state index is -0.207. The fourth-order valence-corrected chi connectivity index (χ4v) is 3.60. The Kier molecular flexibility index (Phi) is 4.15. The summed E-state index contributed by atoms with van der Waals surface area (Å²) in [6.45, 7) is 6.95. The summed E-state index contributed by atoms with van der Waals surface area (Å²) in [5.41, 5.74) is 6.02. The van der Waals surface area contributed by atoms with Gasteiger partial charge in [0.15, 0.2) is 5.76 Å². The third kappa shape index (κ3) is 2.73. The number of carbonyl (C=O) groups is 1. The normalized spacial score (nSPS) is 12.6. The van der Waals surface area contributed by atoms with Crippen molar-refractivity contribution in [3.8, 4) is 11.3 Å². The molecule has 2 aromatic heterocycles. The van der Waals surface area contributed by atoms with Gasteiger partial charge in [-0.15, -0.1) is 0 Å². The van der Waals surface area contributed by atoms with Crippen LogP contribution in [-0.2, 0) is 25.8 Å². The molecule has 0 unspecified atom stereocenters. The number of benzene rings is 1. The quantitative estimate of drug-likeness (QED) is 0.760. The standard InChI is InChI=1S/C21H23N3O2/c1-4-14-7-6-8-16(11-14)22-21(25)20-13(3)18-17(26-20)10-9-15-12-24(5-2)23-19(15)18/h6-8,11-12H,4-5,9-10H2,1-3H3,(H,22,25). The van der Waals surface area contributed by atoms with Gasteiger partial charge < -0.3 is 9.73 Å². The lowest BCUT2D eigenvalue weighted by Crippen LogP contribution is -2.12. The number of furan rings is 1. The predicted octanol–water partition coefficient (Wildman–Crippen LogP) is 4.38. The first-order chi connectivity index (χ1) is 12.6. The zero-order valence-electron chi connectivity index (χ0n) is 15.4. The van der Waals surface area contributed by atoms with E-state index in [0.29, 0.717) is 5.76 Å². The van der Waals surface area contributed by atoms with Crippen molar-refractivity contribution in [3.05, 3.63) is 58.7 Å². The lowest BCUT2D eigenvalue weighted by Gasteiger charge is -2.09. The zero-order valence-corrected chi connectivity index (χ0v) is 15.4. The SMILES string of the molecule is CCc1cccc(NC(=O)c2oc3c(c2C)-c2nn(CC)cc2CC3)c1. The number of hydrogen-bond acceptors (Lipinski definition) is 3. The Morgan fingerprint density at radius 1 is 1.31 bits per heavy atom. The molecule has 0 radical (unpaired) electrons. The van der Waals surface area contributed by atoms with Crippen molar-refractivity contribution in [2.24, 2.45) is 0 Å². The highest BCUT2D eigenvalue weighted by atomic mass is 16.4. The molecule has 0 atom stereocenters. The van der Waals surface area contributed by atoms with Crippen molar-refractivity contribution >= 4 is 11.6 Å². The summed E-state index contributed by atoms with van der Waals surface area (Å²) < 4.78 is 7.91. The second-order valence-electron chi connectivity index (χ2n) is 6.72. The van der Waals surface area contributed by atoms with Crippen LogP contribution >= 0.6 is 0 Å². The largest absolute Gasteiger partial charge is 0.455 e. The topological polar surface area (TPSA) is 60.1 Å². The number of carbonyl (C=O) groups excluding carboxylic acids is 1. The Bertz CT molecular complexity index is 981. The van der Waals surface area contributed by atoms with Gasteiger partial charge in [-0.3, -0.25) is 9.48 Å². The van der Waals surface area contributed by atoms with Gasteiger partial charge in [0.05, 0.1) is 5.69 Å². The second-order valence-corrected chi connectivity index (χ2v) is 6.72. The zero-order chi connectivity index (χ0) is 18.3. The maximum Gasteiger partial charge on any atom is 0.291 e. The van der Waals surface area contributed by atoms with Crippen molar-refractivity contribution in [3.63, 3.8) is 0 Å². The number of rotatable bonds is 4. The lowest BCUT2D eigenvalue weighted by atomic mass is 9.93. The Morgan fingerprint density at radius 3 is 2.92 bits per heavy atom. The van der Waals surface area contributed by atoms with E-state index in [-0.39, 0.29) is 5.91 Å². The van der Waals surface area contributed by atoms with Crippen LogP contribution in [0, 0.1) is 6.92 Å². The number of nitrogens with zero attached hydrogens (tertiary/aromatic N) is 2. The van der Waals surface area contributed by atoms with Gasteiger partial charge in [-0.25, -0.2) is 0 Å². The van der Waals surface area contributed by atoms with Crippen LogP contribution in [0.2, 0.25) is 0 Å². The fraction of sp³-hybridized carbons (Fsp3) is 0.333. The van der Waals surface area contributed by atoms with Crippen molar-refractivity contribution in [2.75, 3.05) is 5.32 Å². The Labute approximate surface area is 153 Å². The number of fused-ring (bicyclic) bond motifs is 3. The summed E-state index contributed by atoms with van der Waals surface area (Å²) in [7, 11) is 0. The third-order valence-corrected chi connectivity index (χ3v) is 5.04. The fourth-order valence-electron chi connectivity index (χ4n) is 3.60. The van der Waals surface area contributed by atoms with Crippen LogP contribution in [0.3, 0.4) is 0 Å². The number of nitrogens with one attached hydrogen (secondary N) is 1.